The van der Waals surface area contributed by atoms with E-state index in [0.717, 1.165) is 68.0 Å². The third kappa shape index (κ3) is 4.98. The first-order valence-corrected chi connectivity index (χ1v) is 11.1. The van der Waals surface area contributed by atoms with Crippen molar-refractivity contribution < 1.29 is 14.3 Å². The van der Waals surface area contributed by atoms with Gasteiger partial charge in [-0.2, -0.15) is 0 Å². The van der Waals surface area contributed by atoms with Crippen molar-refractivity contribution in [2.75, 3.05) is 45.8 Å². The lowest BCUT2D eigenvalue weighted by atomic mass is 9.88. The second-order valence-electron chi connectivity index (χ2n) is 8.59. The van der Waals surface area contributed by atoms with Crippen LogP contribution in [0, 0.1) is 0 Å². The van der Waals surface area contributed by atoms with E-state index in [1.54, 1.807) is 7.11 Å². The van der Waals surface area contributed by atoms with E-state index in [1.165, 1.54) is 0 Å². The summed E-state index contributed by atoms with van der Waals surface area (Å²) >= 11 is 0. The van der Waals surface area contributed by atoms with E-state index in [4.69, 9.17) is 14.5 Å². The number of ether oxygens (including phenoxy) is 2. The second kappa shape index (κ2) is 9.64. The zero-order chi connectivity index (χ0) is 21.8. The van der Waals surface area contributed by atoms with Gasteiger partial charge < -0.3 is 19.3 Å². The quantitative estimate of drug-likeness (QED) is 0.707. The summed E-state index contributed by atoms with van der Waals surface area (Å²) in [6.45, 7) is 2.31. The largest absolute Gasteiger partial charge is 0.497 e. The lowest BCUT2D eigenvalue weighted by Gasteiger charge is -2.33. The van der Waals surface area contributed by atoms with Crippen molar-refractivity contribution in [1.29, 1.82) is 0 Å². The number of hydrogen-bond acceptors (Lipinski definition) is 6. The Hall–Kier alpha value is -2.67. The first-order valence-electron chi connectivity index (χ1n) is 11.1. The maximum Gasteiger partial charge on any atom is 0.225 e. The Kier molecular flexibility index (Phi) is 6.70. The minimum Gasteiger partial charge on any atom is -0.497 e. The average Bonchev–Trinajstić information content (AvgIpc) is 3.32. The van der Waals surface area contributed by atoms with Crippen LogP contribution in [0.15, 0.2) is 30.5 Å². The molecule has 2 fully saturated rings. The number of rotatable bonds is 6. The molecular formula is C24H32N4O3. The van der Waals surface area contributed by atoms with Crippen LogP contribution in [-0.2, 0) is 9.53 Å². The van der Waals surface area contributed by atoms with Crippen LogP contribution in [0.25, 0.3) is 11.1 Å². The van der Waals surface area contributed by atoms with Crippen LogP contribution in [0.2, 0.25) is 0 Å². The number of methoxy groups -OCH3 is 1. The van der Waals surface area contributed by atoms with E-state index < -0.39 is 0 Å². The number of benzene rings is 1. The van der Waals surface area contributed by atoms with E-state index >= 15 is 0 Å². The van der Waals surface area contributed by atoms with Gasteiger partial charge in [0.05, 0.1) is 25.3 Å². The van der Waals surface area contributed by atoms with Crippen LogP contribution >= 0.6 is 0 Å². The van der Waals surface area contributed by atoms with Crippen molar-refractivity contribution in [3.05, 3.63) is 36.2 Å². The fraction of sp³-hybridized carbons (Fsp3) is 0.542. The van der Waals surface area contributed by atoms with E-state index in [2.05, 4.69) is 17.1 Å². The zero-order valence-electron chi connectivity index (χ0n) is 18.7. The van der Waals surface area contributed by atoms with Gasteiger partial charge in [-0.05, 0) is 43.4 Å². The van der Waals surface area contributed by atoms with Gasteiger partial charge in [0.15, 0.2) is 0 Å². The van der Waals surface area contributed by atoms with Crippen molar-refractivity contribution in [3.8, 4) is 16.9 Å². The van der Waals surface area contributed by atoms with Gasteiger partial charge in [0.1, 0.15) is 5.75 Å². The third-order valence-corrected chi connectivity index (χ3v) is 6.27. The minimum atomic E-state index is 0.108. The smallest absolute Gasteiger partial charge is 0.225 e. The number of carbonyl (C=O) groups is 1. The first kappa shape index (κ1) is 21.6. The van der Waals surface area contributed by atoms with E-state index in [0.29, 0.717) is 18.3 Å². The molecule has 1 amide bonds. The highest BCUT2D eigenvalue weighted by Gasteiger charge is 2.29. The number of hydrogen-bond donors (Lipinski definition) is 0. The molecule has 2 aliphatic rings. The summed E-state index contributed by atoms with van der Waals surface area (Å²) in [7, 11) is 5.58. The Morgan fingerprint density at radius 1 is 1.19 bits per heavy atom. The highest BCUT2D eigenvalue weighted by molar-refractivity contribution is 5.77. The third-order valence-electron chi connectivity index (χ3n) is 6.27. The van der Waals surface area contributed by atoms with Crippen molar-refractivity contribution in [2.45, 2.75) is 44.1 Å². The van der Waals surface area contributed by atoms with Gasteiger partial charge in [-0.15, -0.1) is 0 Å². The molecule has 1 aromatic heterocycles. The van der Waals surface area contributed by atoms with Gasteiger partial charge in [-0.3, -0.25) is 4.79 Å². The first-order chi connectivity index (χ1) is 15.0. The van der Waals surface area contributed by atoms with Gasteiger partial charge in [0.25, 0.3) is 0 Å². The molecule has 0 aliphatic carbocycles. The minimum absolute atomic E-state index is 0.108. The number of amides is 1. The van der Waals surface area contributed by atoms with Crippen LogP contribution < -0.4 is 9.64 Å². The molecule has 0 spiro atoms. The van der Waals surface area contributed by atoms with Gasteiger partial charge in [-0.25, -0.2) is 9.97 Å². The van der Waals surface area contributed by atoms with Crippen LogP contribution in [-0.4, -0.2) is 67.8 Å². The zero-order valence-corrected chi connectivity index (χ0v) is 18.7. The SMILES string of the molecule is COc1ccc(-c2cnc(N(C)C)nc2C2CCN(C(=O)C[C@H]3CCCO3)CC2)cc1. The Morgan fingerprint density at radius 3 is 2.55 bits per heavy atom. The fourth-order valence-corrected chi connectivity index (χ4v) is 4.44. The summed E-state index contributed by atoms with van der Waals surface area (Å²) in [5, 5.41) is 0. The highest BCUT2D eigenvalue weighted by Crippen LogP contribution is 2.35. The van der Waals surface area contributed by atoms with E-state index in [9.17, 15) is 4.79 Å². The molecule has 0 bridgehead atoms. The van der Waals surface area contributed by atoms with E-state index in [1.807, 2.05) is 42.2 Å². The van der Waals surface area contributed by atoms with Crippen LogP contribution in [0.3, 0.4) is 0 Å². The average molecular weight is 425 g/mol. The molecule has 4 rings (SSSR count). The molecule has 0 radical (unpaired) electrons. The van der Waals surface area contributed by atoms with Crippen LogP contribution in [0.4, 0.5) is 5.95 Å². The predicted octanol–water partition coefficient (Wildman–Crippen LogP) is 3.49. The molecule has 1 atom stereocenters. The number of likely N-dealkylation sites (tertiary alicyclic amines) is 1. The van der Waals surface area contributed by atoms with Crippen molar-refractivity contribution in [1.82, 2.24) is 14.9 Å². The molecule has 2 aliphatic heterocycles. The van der Waals surface area contributed by atoms with Gasteiger partial charge >= 0.3 is 0 Å². The number of nitrogens with zero attached hydrogens (tertiary/aromatic N) is 4. The van der Waals surface area contributed by atoms with Gasteiger partial charge in [0.2, 0.25) is 11.9 Å². The fourth-order valence-electron chi connectivity index (χ4n) is 4.44. The Labute approximate surface area is 184 Å². The molecule has 0 saturated carbocycles. The normalized spacial score (nSPS) is 19.5. The molecule has 0 unspecified atom stereocenters. The molecule has 0 N–H and O–H groups in total. The molecule has 1 aromatic carbocycles. The second-order valence-corrected chi connectivity index (χ2v) is 8.59. The summed E-state index contributed by atoms with van der Waals surface area (Å²) in [5.41, 5.74) is 3.20. The molecule has 7 heteroatoms. The molecule has 7 nitrogen and oxygen atoms in total. The van der Waals surface area contributed by atoms with Crippen molar-refractivity contribution in [2.24, 2.45) is 0 Å². The topological polar surface area (TPSA) is 67.8 Å². The summed E-state index contributed by atoms with van der Waals surface area (Å²) in [5.74, 6) is 2.06. The molecule has 166 valence electrons. The predicted molar refractivity (Wildman–Crippen MR) is 120 cm³/mol. The van der Waals surface area contributed by atoms with Crippen LogP contribution in [0.1, 0.15) is 43.7 Å². The Bertz CT molecular complexity index is 886. The monoisotopic (exact) mass is 424 g/mol. The van der Waals surface area contributed by atoms with Crippen molar-refractivity contribution in [3.63, 3.8) is 0 Å². The summed E-state index contributed by atoms with van der Waals surface area (Å²) in [4.78, 5) is 26.1. The molecule has 2 saturated heterocycles. The lowest BCUT2D eigenvalue weighted by Crippen LogP contribution is -2.39. The molecule has 3 heterocycles. The molecule has 2 aromatic rings. The maximum absolute atomic E-state index is 12.7. The number of anilines is 1. The summed E-state index contributed by atoms with van der Waals surface area (Å²) in [6, 6.07) is 8.03. The van der Waals surface area contributed by atoms with E-state index in [-0.39, 0.29) is 12.0 Å². The Balaban J connectivity index is 1.51. The number of carbonyl (C=O) groups excluding carboxylic acids is 1. The van der Waals surface area contributed by atoms with Gasteiger partial charge in [0, 0.05) is 51.5 Å². The summed E-state index contributed by atoms with van der Waals surface area (Å²) < 4.78 is 10.9. The maximum atomic E-state index is 12.7. The highest BCUT2D eigenvalue weighted by atomic mass is 16.5. The lowest BCUT2D eigenvalue weighted by molar-refractivity contribution is -0.134. The summed E-state index contributed by atoms with van der Waals surface area (Å²) in [6.07, 6.45) is 6.43. The van der Waals surface area contributed by atoms with Crippen molar-refractivity contribution >= 4 is 11.9 Å². The molecular weight excluding hydrogens is 392 g/mol. The van der Waals surface area contributed by atoms with Gasteiger partial charge in [-0.1, -0.05) is 12.1 Å². The molecule has 31 heavy (non-hydrogen) atoms. The number of piperidine rings is 1. The Morgan fingerprint density at radius 2 is 1.94 bits per heavy atom. The van der Waals surface area contributed by atoms with Crippen LogP contribution in [0.5, 0.6) is 5.75 Å². The number of aromatic nitrogens is 2. The standard InChI is InChI=1S/C24H32N4O3/c1-27(2)24-25-16-21(17-6-8-19(30-3)9-7-17)23(26-24)18-10-12-28(13-11-18)22(29)15-20-5-4-14-31-20/h6-9,16,18,20H,4-5,10-15H2,1-3H3/t20-/m1/s1.